The number of hydrogen-bond donors (Lipinski definition) is 2. The fourth-order valence-corrected chi connectivity index (χ4v) is 2.62. The number of rotatable bonds is 5. The number of carbonyl (C=O) groups excluding carboxylic acids is 2. The largest absolute Gasteiger partial charge is 0.351 e. The topological polar surface area (TPSA) is 75.4 Å². The summed E-state index contributed by atoms with van der Waals surface area (Å²) >= 11 is 0. The molecule has 0 unspecified atom stereocenters. The van der Waals surface area contributed by atoms with Gasteiger partial charge < -0.3 is 16.0 Å². The zero-order chi connectivity index (χ0) is 17.0. The molecule has 1 aliphatic heterocycles. The van der Waals surface area contributed by atoms with Gasteiger partial charge in [0.1, 0.15) is 0 Å². The van der Waals surface area contributed by atoms with Gasteiger partial charge in [0.15, 0.2) is 0 Å². The third-order valence-corrected chi connectivity index (χ3v) is 4.22. The van der Waals surface area contributed by atoms with Gasteiger partial charge in [0.25, 0.3) is 0 Å². The zero-order valence-electron chi connectivity index (χ0n) is 14.3. The van der Waals surface area contributed by atoms with Crippen LogP contribution >= 0.6 is 0 Å². The van der Waals surface area contributed by atoms with Gasteiger partial charge in [0, 0.05) is 26.1 Å². The molecule has 126 valence electrons. The molecule has 1 aliphatic rings. The summed E-state index contributed by atoms with van der Waals surface area (Å²) in [5.74, 6) is 0.0810. The Labute approximate surface area is 138 Å². The second kappa shape index (κ2) is 7.13. The molecule has 0 saturated carbocycles. The van der Waals surface area contributed by atoms with Gasteiger partial charge >= 0.3 is 0 Å². The molecular weight excluding hydrogens is 290 g/mol. The number of nitrogens with zero attached hydrogens (tertiary/aromatic N) is 1. The highest BCUT2D eigenvalue weighted by Crippen LogP contribution is 2.18. The van der Waals surface area contributed by atoms with Crippen LogP contribution < -0.4 is 11.1 Å². The number of hydrogen-bond acceptors (Lipinski definition) is 3. The van der Waals surface area contributed by atoms with Crippen LogP contribution in [0.2, 0.25) is 0 Å². The van der Waals surface area contributed by atoms with Crippen molar-refractivity contribution in [3.8, 4) is 0 Å². The van der Waals surface area contributed by atoms with Gasteiger partial charge in [0.2, 0.25) is 11.8 Å². The Morgan fingerprint density at radius 2 is 2.04 bits per heavy atom. The first-order valence-corrected chi connectivity index (χ1v) is 8.16. The zero-order valence-corrected chi connectivity index (χ0v) is 14.3. The highest BCUT2D eigenvalue weighted by atomic mass is 16.2. The minimum absolute atomic E-state index is 0.141. The SMILES string of the molecule is CC(C)(C)[C@H](N)C(=O)NCc1cccc(CN2CCCC2=O)c1. The molecule has 0 aromatic heterocycles. The second-order valence-electron chi connectivity index (χ2n) is 7.30. The Hall–Kier alpha value is -1.88. The molecule has 1 fully saturated rings. The summed E-state index contributed by atoms with van der Waals surface area (Å²) in [6.45, 7) is 7.77. The Kier molecular flexibility index (Phi) is 5.42. The third kappa shape index (κ3) is 4.79. The van der Waals surface area contributed by atoms with Gasteiger partial charge in [-0.05, 0) is 23.0 Å². The first kappa shape index (κ1) is 17.5. The number of amides is 2. The van der Waals surface area contributed by atoms with Crippen LogP contribution in [0.1, 0.15) is 44.7 Å². The summed E-state index contributed by atoms with van der Waals surface area (Å²) in [4.78, 5) is 25.7. The molecule has 0 spiro atoms. The maximum absolute atomic E-state index is 12.1. The Morgan fingerprint density at radius 1 is 1.35 bits per heavy atom. The van der Waals surface area contributed by atoms with Crippen molar-refractivity contribution in [1.82, 2.24) is 10.2 Å². The number of nitrogens with one attached hydrogen (secondary N) is 1. The van der Waals surface area contributed by atoms with E-state index in [9.17, 15) is 9.59 Å². The van der Waals surface area contributed by atoms with E-state index in [1.54, 1.807) is 0 Å². The van der Waals surface area contributed by atoms with E-state index in [0.29, 0.717) is 19.5 Å². The van der Waals surface area contributed by atoms with Crippen LogP contribution in [-0.2, 0) is 22.7 Å². The third-order valence-electron chi connectivity index (χ3n) is 4.22. The lowest BCUT2D eigenvalue weighted by Gasteiger charge is -2.25. The molecule has 2 rings (SSSR count). The van der Waals surface area contributed by atoms with Crippen LogP contribution in [0.25, 0.3) is 0 Å². The summed E-state index contributed by atoms with van der Waals surface area (Å²) in [6.07, 6.45) is 1.60. The molecule has 1 atom stereocenters. The van der Waals surface area contributed by atoms with Crippen molar-refractivity contribution in [1.29, 1.82) is 0 Å². The second-order valence-corrected chi connectivity index (χ2v) is 7.30. The molecule has 0 bridgehead atoms. The van der Waals surface area contributed by atoms with Crippen molar-refractivity contribution in [3.05, 3.63) is 35.4 Å². The summed E-state index contributed by atoms with van der Waals surface area (Å²) in [5.41, 5.74) is 7.80. The van der Waals surface area contributed by atoms with Gasteiger partial charge in [-0.1, -0.05) is 45.0 Å². The normalized spacial score (nSPS) is 16.5. The van der Waals surface area contributed by atoms with Crippen LogP contribution in [-0.4, -0.2) is 29.3 Å². The molecule has 1 aromatic carbocycles. The first-order valence-electron chi connectivity index (χ1n) is 8.16. The molecular formula is C18H27N3O2. The predicted molar refractivity (Wildman–Crippen MR) is 90.4 cm³/mol. The lowest BCUT2D eigenvalue weighted by molar-refractivity contribution is -0.128. The quantitative estimate of drug-likeness (QED) is 0.869. The molecule has 1 aromatic rings. The van der Waals surface area contributed by atoms with Crippen molar-refractivity contribution in [2.75, 3.05) is 6.54 Å². The van der Waals surface area contributed by atoms with E-state index >= 15 is 0 Å². The fraction of sp³-hybridized carbons (Fsp3) is 0.556. The number of likely N-dealkylation sites (tertiary alicyclic amines) is 1. The molecule has 5 nitrogen and oxygen atoms in total. The van der Waals surface area contributed by atoms with Gasteiger partial charge in [-0.15, -0.1) is 0 Å². The molecule has 23 heavy (non-hydrogen) atoms. The van der Waals surface area contributed by atoms with Gasteiger partial charge in [-0.3, -0.25) is 9.59 Å². The van der Waals surface area contributed by atoms with Gasteiger partial charge in [-0.25, -0.2) is 0 Å². The van der Waals surface area contributed by atoms with Crippen molar-refractivity contribution in [3.63, 3.8) is 0 Å². The summed E-state index contributed by atoms with van der Waals surface area (Å²) in [7, 11) is 0. The van der Waals surface area contributed by atoms with Crippen molar-refractivity contribution < 1.29 is 9.59 Å². The minimum Gasteiger partial charge on any atom is -0.351 e. The highest BCUT2D eigenvalue weighted by Gasteiger charge is 2.27. The van der Waals surface area contributed by atoms with E-state index in [1.165, 1.54) is 0 Å². The summed E-state index contributed by atoms with van der Waals surface area (Å²) in [6, 6.07) is 7.44. The van der Waals surface area contributed by atoms with Crippen LogP contribution in [0.3, 0.4) is 0 Å². The van der Waals surface area contributed by atoms with Crippen molar-refractivity contribution >= 4 is 11.8 Å². The lowest BCUT2D eigenvalue weighted by Crippen LogP contribution is -2.48. The van der Waals surface area contributed by atoms with Crippen LogP contribution in [0, 0.1) is 5.41 Å². The van der Waals surface area contributed by atoms with E-state index in [1.807, 2.05) is 49.9 Å². The molecule has 2 amide bonds. The van der Waals surface area contributed by atoms with E-state index in [0.717, 1.165) is 24.1 Å². The number of carbonyl (C=O) groups is 2. The fourth-order valence-electron chi connectivity index (χ4n) is 2.62. The lowest BCUT2D eigenvalue weighted by atomic mass is 9.87. The molecule has 1 saturated heterocycles. The minimum atomic E-state index is -0.534. The summed E-state index contributed by atoms with van der Waals surface area (Å²) < 4.78 is 0. The maximum atomic E-state index is 12.1. The van der Waals surface area contributed by atoms with Crippen LogP contribution in [0.15, 0.2) is 24.3 Å². The standard InChI is InChI=1S/C18H27N3O2/c1-18(2,3)16(19)17(23)20-11-13-6-4-7-14(10-13)12-21-9-5-8-15(21)22/h4,6-7,10,16H,5,8-9,11-12,19H2,1-3H3,(H,20,23)/t16-/m1/s1. The smallest absolute Gasteiger partial charge is 0.237 e. The van der Waals surface area contributed by atoms with E-state index in [-0.39, 0.29) is 17.2 Å². The van der Waals surface area contributed by atoms with E-state index in [4.69, 9.17) is 5.73 Å². The van der Waals surface area contributed by atoms with Crippen molar-refractivity contribution in [2.24, 2.45) is 11.1 Å². The Morgan fingerprint density at radius 3 is 2.65 bits per heavy atom. The monoisotopic (exact) mass is 317 g/mol. The van der Waals surface area contributed by atoms with Gasteiger partial charge in [0.05, 0.1) is 6.04 Å². The Bertz CT molecular complexity index is 578. The van der Waals surface area contributed by atoms with Crippen LogP contribution in [0.4, 0.5) is 0 Å². The maximum Gasteiger partial charge on any atom is 0.237 e. The van der Waals surface area contributed by atoms with Crippen molar-refractivity contribution in [2.45, 2.75) is 52.7 Å². The number of benzene rings is 1. The predicted octanol–water partition coefficient (Wildman–Crippen LogP) is 1.80. The average Bonchev–Trinajstić information content (AvgIpc) is 2.89. The van der Waals surface area contributed by atoms with E-state index in [2.05, 4.69) is 5.32 Å². The molecule has 3 N–H and O–H groups in total. The molecule has 0 radical (unpaired) electrons. The van der Waals surface area contributed by atoms with Gasteiger partial charge in [-0.2, -0.15) is 0 Å². The summed E-state index contributed by atoms with van der Waals surface area (Å²) in [5, 5.41) is 2.89. The first-order chi connectivity index (χ1) is 10.8. The average molecular weight is 317 g/mol. The molecule has 0 aliphatic carbocycles. The highest BCUT2D eigenvalue weighted by molar-refractivity contribution is 5.82. The molecule has 5 heteroatoms. The van der Waals surface area contributed by atoms with E-state index < -0.39 is 6.04 Å². The Balaban J connectivity index is 1.92. The molecule has 1 heterocycles. The van der Waals surface area contributed by atoms with Crippen LogP contribution in [0.5, 0.6) is 0 Å². The number of nitrogens with two attached hydrogens (primary N) is 1.